The third-order valence-corrected chi connectivity index (χ3v) is 4.66. The van der Waals surface area contributed by atoms with E-state index in [1.807, 2.05) is 0 Å². The van der Waals surface area contributed by atoms with Crippen molar-refractivity contribution in [1.29, 1.82) is 0 Å². The molecule has 1 aromatic rings. The predicted molar refractivity (Wildman–Crippen MR) is 71.2 cm³/mol. The largest absolute Gasteiger partial charge is 0.399 e. The van der Waals surface area contributed by atoms with E-state index in [9.17, 15) is 13.2 Å². The van der Waals surface area contributed by atoms with E-state index < -0.39 is 9.84 Å². The summed E-state index contributed by atoms with van der Waals surface area (Å²) >= 11 is 5.84. The van der Waals surface area contributed by atoms with Crippen molar-refractivity contribution in [1.82, 2.24) is 5.32 Å². The predicted octanol–water partition coefficient (Wildman–Crippen LogP) is 1.22. The number of carbonyl (C=O) groups is 1. The maximum atomic E-state index is 12.0. The number of anilines is 1. The zero-order chi connectivity index (χ0) is 13.8. The number of amides is 1. The number of halogens is 1. The number of carbonyl (C=O) groups excluding carboxylic acids is 1. The van der Waals surface area contributed by atoms with Crippen molar-refractivity contribution >= 4 is 33.0 Å². The van der Waals surface area contributed by atoms with Crippen LogP contribution in [0.15, 0.2) is 23.1 Å². The lowest BCUT2D eigenvalue weighted by molar-refractivity contribution is -0.120. The maximum absolute atomic E-state index is 12.0. The fourth-order valence-electron chi connectivity index (χ4n) is 1.42. The summed E-state index contributed by atoms with van der Waals surface area (Å²) in [6.07, 6.45) is 0.406. The highest BCUT2D eigenvalue weighted by Gasteiger charge is 2.18. The third kappa shape index (κ3) is 3.89. The Morgan fingerprint density at radius 1 is 1.44 bits per heavy atom. The van der Waals surface area contributed by atoms with Crippen molar-refractivity contribution in [3.8, 4) is 0 Å². The summed E-state index contributed by atoms with van der Waals surface area (Å²) in [5.74, 6) is -0.326. The van der Waals surface area contributed by atoms with Crippen molar-refractivity contribution in [2.45, 2.75) is 17.7 Å². The summed E-state index contributed by atoms with van der Waals surface area (Å²) < 4.78 is 24.0. The van der Waals surface area contributed by atoms with Gasteiger partial charge in [-0.05, 0) is 24.6 Å². The van der Waals surface area contributed by atoms with Gasteiger partial charge in [0.05, 0.1) is 15.7 Å². The van der Waals surface area contributed by atoms with E-state index >= 15 is 0 Å². The van der Waals surface area contributed by atoms with Crippen LogP contribution in [0.25, 0.3) is 0 Å². The summed E-state index contributed by atoms with van der Waals surface area (Å²) in [6.45, 7) is 0. The molecule has 0 radical (unpaired) electrons. The maximum Gasteiger partial charge on any atom is 0.219 e. The molecule has 5 nitrogen and oxygen atoms in total. The summed E-state index contributed by atoms with van der Waals surface area (Å²) in [5, 5.41) is 2.57. The zero-order valence-electron chi connectivity index (χ0n) is 9.94. The second-order valence-electron chi connectivity index (χ2n) is 3.79. The van der Waals surface area contributed by atoms with Crippen LogP contribution in [0.2, 0.25) is 5.02 Å². The first-order valence-electron chi connectivity index (χ1n) is 5.35. The number of benzene rings is 1. The Balaban J connectivity index is 2.80. The molecule has 7 heteroatoms. The molecule has 0 aromatic heterocycles. The van der Waals surface area contributed by atoms with E-state index in [0.717, 1.165) is 0 Å². The van der Waals surface area contributed by atoms with Crippen LogP contribution in [0, 0.1) is 0 Å². The van der Waals surface area contributed by atoms with Gasteiger partial charge in [0.1, 0.15) is 0 Å². The minimum absolute atomic E-state index is 0.0149. The van der Waals surface area contributed by atoms with Crippen LogP contribution in [-0.2, 0) is 14.6 Å². The summed E-state index contributed by atoms with van der Waals surface area (Å²) in [5.41, 5.74) is 5.87. The molecule has 0 aliphatic carbocycles. The second kappa shape index (κ2) is 6.06. The Bertz CT molecular complexity index is 543. The van der Waals surface area contributed by atoms with Crippen molar-refractivity contribution in [3.63, 3.8) is 0 Å². The fourth-order valence-corrected chi connectivity index (χ4v) is 3.31. The summed E-state index contributed by atoms with van der Waals surface area (Å²) in [7, 11) is -2.00. The number of hydrogen-bond acceptors (Lipinski definition) is 4. The molecule has 3 N–H and O–H groups in total. The number of hydrogen-bond donors (Lipinski definition) is 2. The van der Waals surface area contributed by atoms with Crippen molar-refractivity contribution in [3.05, 3.63) is 23.2 Å². The highest BCUT2D eigenvalue weighted by atomic mass is 35.5. The standard InChI is InChI=1S/C11H15ClN2O3S/c1-14-11(15)3-2-6-18(16,17)10-7-8(13)4-5-9(10)12/h4-5,7H,2-3,6,13H2,1H3,(H,14,15). The molecule has 1 aromatic carbocycles. The Labute approximate surface area is 111 Å². The van der Waals surface area contributed by atoms with Crippen LogP contribution in [0.4, 0.5) is 5.69 Å². The van der Waals surface area contributed by atoms with Crippen molar-refractivity contribution < 1.29 is 13.2 Å². The normalized spacial score (nSPS) is 11.2. The zero-order valence-corrected chi connectivity index (χ0v) is 11.5. The van der Waals surface area contributed by atoms with Gasteiger partial charge < -0.3 is 11.1 Å². The minimum Gasteiger partial charge on any atom is -0.399 e. The number of nitrogens with two attached hydrogens (primary N) is 1. The average Bonchev–Trinajstić information content (AvgIpc) is 2.31. The molecule has 0 saturated carbocycles. The molecule has 0 atom stereocenters. The van der Waals surface area contributed by atoms with Gasteiger partial charge in [-0.2, -0.15) is 0 Å². The molecular formula is C11H15ClN2O3S. The first-order valence-corrected chi connectivity index (χ1v) is 7.38. The monoisotopic (exact) mass is 290 g/mol. The van der Waals surface area contributed by atoms with Gasteiger partial charge in [0, 0.05) is 19.2 Å². The van der Waals surface area contributed by atoms with Gasteiger partial charge in [0.2, 0.25) is 5.91 Å². The minimum atomic E-state index is -3.51. The van der Waals surface area contributed by atoms with Crippen LogP contribution in [0.5, 0.6) is 0 Å². The smallest absolute Gasteiger partial charge is 0.219 e. The highest BCUT2D eigenvalue weighted by molar-refractivity contribution is 7.91. The van der Waals surface area contributed by atoms with E-state index in [-0.39, 0.29) is 34.4 Å². The van der Waals surface area contributed by atoms with E-state index in [2.05, 4.69) is 5.32 Å². The molecule has 1 amide bonds. The fraction of sp³-hybridized carbons (Fsp3) is 0.364. The van der Waals surface area contributed by atoms with Crippen LogP contribution in [-0.4, -0.2) is 27.1 Å². The third-order valence-electron chi connectivity index (χ3n) is 2.39. The van der Waals surface area contributed by atoms with E-state index in [0.29, 0.717) is 5.69 Å². The molecule has 18 heavy (non-hydrogen) atoms. The van der Waals surface area contributed by atoms with E-state index in [1.165, 1.54) is 25.2 Å². The quantitative estimate of drug-likeness (QED) is 0.798. The number of nitrogens with one attached hydrogen (secondary N) is 1. The van der Waals surface area contributed by atoms with E-state index in [4.69, 9.17) is 17.3 Å². The molecule has 0 spiro atoms. The number of nitrogen functional groups attached to an aromatic ring is 1. The van der Waals surface area contributed by atoms with Crippen LogP contribution >= 0.6 is 11.6 Å². The van der Waals surface area contributed by atoms with Gasteiger partial charge in [-0.1, -0.05) is 11.6 Å². The average molecular weight is 291 g/mol. The Morgan fingerprint density at radius 2 is 2.11 bits per heavy atom. The lowest BCUT2D eigenvalue weighted by Crippen LogP contribution is -2.18. The molecule has 0 fully saturated rings. The van der Waals surface area contributed by atoms with Crippen molar-refractivity contribution in [2.24, 2.45) is 0 Å². The molecular weight excluding hydrogens is 276 g/mol. The molecule has 0 saturated heterocycles. The summed E-state index contributed by atoms with van der Waals surface area (Å²) in [4.78, 5) is 11.0. The Hall–Kier alpha value is -1.27. The second-order valence-corrected chi connectivity index (χ2v) is 6.27. The van der Waals surface area contributed by atoms with Crippen LogP contribution in [0.3, 0.4) is 0 Å². The van der Waals surface area contributed by atoms with Gasteiger partial charge in [-0.3, -0.25) is 4.79 Å². The van der Waals surface area contributed by atoms with Gasteiger partial charge in [0.25, 0.3) is 0 Å². The molecule has 0 aliphatic heterocycles. The number of rotatable bonds is 5. The van der Waals surface area contributed by atoms with Crippen LogP contribution in [0.1, 0.15) is 12.8 Å². The first-order chi connectivity index (χ1) is 8.36. The lowest BCUT2D eigenvalue weighted by Gasteiger charge is -2.07. The van der Waals surface area contributed by atoms with Gasteiger partial charge in [0.15, 0.2) is 9.84 Å². The first kappa shape index (κ1) is 14.8. The SMILES string of the molecule is CNC(=O)CCCS(=O)(=O)c1cc(N)ccc1Cl. The highest BCUT2D eigenvalue weighted by Crippen LogP contribution is 2.25. The Morgan fingerprint density at radius 3 is 2.72 bits per heavy atom. The molecule has 1 rings (SSSR count). The molecule has 0 aliphatic rings. The van der Waals surface area contributed by atoms with Crippen molar-refractivity contribution in [2.75, 3.05) is 18.5 Å². The topological polar surface area (TPSA) is 89.3 Å². The molecule has 0 bridgehead atoms. The van der Waals surface area contributed by atoms with Gasteiger partial charge >= 0.3 is 0 Å². The molecule has 0 heterocycles. The Kier molecular flexibility index (Phi) is 4.98. The van der Waals surface area contributed by atoms with Gasteiger partial charge in [-0.15, -0.1) is 0 Å². The van der Waals surface area contributed by atoms with E-state index in [1.54, 1.807) is 0 Å². The molecule has 100 valence electrons. The van der Waals surface area contributed by atoms with Gasteiger partial charge in [-0.25, -0.2) is 8.42 Å². The summed E-state index contributed by atoms with van der Waals surface area (Å²) in [6, 6.07) is 4.31. The lowest BCUT2D eigenvalue weighted by atomic mass is 10.3. The molecule has 0 unspecified atom stereocenters. The number of sulfone groups is 1. The van der Waals surface area contributed by atoms with Crippen LogP contribution < -0.4 is 11.1 Å².